The molecule has 6 nitrogen and oxygen atoms in total. The van der Waals surface area contributed by atoms with Crippen molar-refractivity contribution in [1.82, 2.24) is 19.3 Å². The number of hydrogen-bond donors (Lipinski definition) is 0. The lowest BCUT2D eigenvalue weighted by Gasteiger charge is -2.36. The zero-order chi connectivity index (χ0) is 15.9. The minimum Gasteiger partial charge on any atom is -0.353 e. The van der Waals surface area contributed by atoms with Crippen LogP contribution in [0.5, 0.6) is 0 Å². The molecular weight excluding hydrogens is 320 g/mol. The topological polar surface area (TPSA) is 58.0 Å². The lowest BCUT2D eigenvalue weighted by atomic mass is 9.96. The number of nitrogens with zero attached hydrogens (tertiary/aromatic N) is 6. The summed E-state index contributed by atoms with van der Waals surface area (Å²) >= 11 is 1.56. The third-order valence-electron chi connectivity index (χ3n) is 5.33. The van der Waals surface area contributed by atoms with Crippen molar-refractivity contribution in [3.05, 3.63) is 23.4 Å². The summed E-state index contributed by atoms with van der Waals surface area (Å²) in [5, 5.41) is 1.10. The van der Waals surface area contributed by atoms with Crippen molar-refractivity contribution in [3.63, 3.8) is 0 Å². The largest absolute Gasteiger partial charge is 0.353 e. The van der Waals surface area contributed by atoms with Gasteiger partial charge in [-0.3, -0.25) is 0 Å². The molecule has 0 amide bonds. The van der Waals surface area contributed by atoms with E-state index in [1.165, 1.54) is 42.8 Å². The van der Waals surface area contributed by atoms with E-state index in [1.54, 1.807) is 17.9 Å². The highest BCUT2D eigenvalue weighted by atomic mass is 32.1. The second-order valence-corrected chi connectivity index (χ2v) is 7.74. The maximum Gasteiger partial charge on any atom is 0.205 e. The molecule has 7 heteroatoms. The minimum absolute atomic E-state index is 0.642. The van der Waals surface area contributed by atoms with Crippen molar-refractivity contribution >= 4 is 22.5 Å². The molecule has 0 radical (unpaired) electrons. The summed E-state index contributed by atoms with van der Waals surface area (Å²) in [5.74, 6) is 2.89. The number of piperazine rings is 1. The van der Waals surface area contributed by atoms with E-state index in [0.29, 0.717) is 5.92 Å². The van der Waals surface area contributed by atoms with Crippen LogP contribution in [-0.4, -0.2) is 45.5 Å². The molecule has 2 aliphatic carbocycles. The highest BCUT2D eigenvalue weighted by molar-refractivity contribution is 7.09. The molecule has 3 aliphatic rings. The molecule has 2 aromatic heterocycles. The average Bonchev–Trinajstić information content (AvgIpc) is 3.38. The number of hydrogen-bond acceptors (Lipinski definition) is 7. The number of anilines is 2. The lowest BCUT2D eigenvalue weighted by Crippen LogP contribution is -2.47. The van der Waals surface area contributed by atoms with Crippen molar-refractivity contribution in [2.24, 2.45) is 0 Å². The van der Waals surface area contributed by atoms with Crippen LogP contribution in [0.3, 0.4) is 0 Å². The molecule has 0 unspecified atom stereocenters. The van der Waals surface area contributed by atoms with Crippen LogP contribution >= 0.6 is 11.5 Å². The van der Waals surface area contributed by atoms with E-state index in [-0.39, 0.29) is 0 Å². The number of fused-ring (bicyclic) bond motifs is 1. The van der Waals surface area contributed by atoms with E-state index < -0.39 is 0 Å². The third-order valence-corrected chi connectivity index (χ3v) is 6.12. The van der Waals surface area contributed by atoms with Gasteiger partial charge in [0, 0.05) is 54.9 Å². The summed E-state index contributed by atoms with van der Waals surface area (Å²) < 4.78 is 4.54. The van der Waals surface area contributed by atoms with Gasteiger partial charge in [-0.15, -0.1) is 0 Å². The molecule has 24 heavy (non-hydrogen) atoms. The van der Waals surface area contributed by atoms with Gasteiger partial charge in [0.15, 0.2) is 0 Å². The Kier molecular flexibility index (Phi) is 3.61. The smallest absolute Gasteiger partial charge is 0.205 e. The van der Waals surface area contributed by atoms with Crippen LogP contribution in [0, 0.1) is 0 Å². The highest BCUT2D eigenvalue weighted by Crippen LogP contribution is 2.39. The van der Waals surface area contributed by atoms with Gasteiger partial charge in [-0.2, -0.15) is 4.37 Å². The Hall–Kier alpha value is -1.76. The summed E-state index contributed by atoms with van der Waals surface area (Å²) in [4.78, 5) is 18.7. The Labute approximate surface area is 146 Å². The Morgan fingerprint density at radius 3 is 2.58 bits per heavy atom. The van der Waals surface area contributed by atoms with Gasteiger partial charge < -0.3 is 9.80 Å². The molecule has 3 heterocycles. The van der Waals surface area contributed by atoms with Crippen LogP contribution in [0.4, 0.5) is 10.9 Å². The van der Waals surface area contributed by atoms with Gasteiger partial charge >= 0.3 is 0 Å². The van der Waals surface area contributed by atoms with E-state index in [4.69, 9.17) is 4.98 Å². The van der Waals surface area contributed by atoms with Crippen LogP contribution in [0.1, 0.15) is 48.7 Å². The Balaban J connectivity index is 1.30. The zero-order valence-corrected chi connectivity index (χ0v) is 14.6. The van der Waals surface area contributed by atoms with Gasteiger partial charge in [-0.1, -0.05) is 0 Å². The molecule has 1 aliphatic heterocycles. The van der Waals surface area contributed by atoms with E-state index in [1.807, 2.05) is 0 Å². The van der Waals surface area contributed by atoms with Crippen molar-refractivity contribution in [2.45, 2.75) is 44.4 Å². The molecule has 0 spiro atoms. The monoisotopic (exact) mass is 342 g/mol. The minimum atomic E-state index is 0.642. The molecule has 2 fully saturated rings. The average molecular weight is 342 g/mol. The number of aromatic nitrogens is 4. The van der Waals surface area contributed by atoms with E-state index in [2.05, 4.69) is 24.1 Å². The predicted molar refractivity (Wildman–Crippen MR) is 95.0 cm³/mol. The first-order chi connectivity index (χ1) is 11.9. The van der Waals surface area contributed by atoms with Crippen molar-refractivity contribution in [3.8, 4) is 0 Å². The third kappa shape index (κ3) is 2.64. The second-order valence-electron chi connectivity index (χ2n) is 7.01. The Morgan fingerprint density at radius 2 is 1.75 bits per heavy atom. The van der Waals surface area contributed by atoms with Crippen LogP contribution in [0.25, 0.3) is 0 Å². The van der Waals surface area contributed by atoms with Crippen LogP contribution in [0.15, 0.2) is 6.33 Å². The van der Waals surface area contributed by atoms with Crippen molar-refractivity contribution in [2.75, 3.05) is 36.0 Å². The van der Waals surface area contributed by atoms with Gasteiger partial charge in [0.1, 0.15) is 18.0 Å². The summed E-state index contributed by atoms with van der Waals surface area (Å²) in [5.41, 5.74) is 2.66. The molecule has 0 atom stereocenters. The molecule has 0 N–H and O–H groups in total. The maximum atomic E-state index is 4.75. The fraction of sp³-hybridized carbons (Fsp3) is 0.647. The van der Waals surface area contributed by atoms with Crippen LogP contribution in [0.2, 0.25) is 0 Å². The zero-order valence-electron chi connectivity index (χ0n) is 13.8. The van der Waals surface area contributed by atoms with E-state index >= 15 is 0 Å². The van der Waals surface area contributed by atoms with Gasteiger partial charge in [0.25, 0.3) is 0 Å². The number of rotatable bonds is 3. The first-order valence-corrected chi connectivity index (χ1v) is 9.82. The van der Waals surface area contributed by atoms with Gasteiger partial charge in [-0.05, 0) is 38.5 Å². The molecule has 5 rings (SSSR count). The van der Waals surface area contributed by atoms with Crippen LogP contribution in [-0.2, 0) is 12.8 Å². The molecule has 1 saturated heterocycles. The fourth-order valence-electron chi connectivity index (χ4n) is 3.75. The summed E-state index contributed by atoms with van der Waals surface area (Å²) in [6, 6.07) is 0. The van der Waals surface area contributed by atoms with Gasteiger partial charge in [0.2, 0.25) is 5.13 Å². The summed E-state index contributed by atoms with van der Waals surface area (Å²) in [7, 11) is 0. The molecule has 0 aromatic carbocycles. The second kappa shape index (κ2) is 5.95. The first kappa shape index (κ1) is 14.6. The molecule has 2 aromatic rings. The van der Waals surface area contributed by atoms with E-state index in [9.17, 15) is 0 Å². The standard InChI is InChI=1S/C17H22N6S/c1-2-4-14-13(3-1)16(19-11-18-14)22-7-9-23(10-8-22)17-20-15(21-24-17)12-5-6-12/h11-12H,1-10H2. The molecule has 126 valence electrons. The predicted octanol–water partition coefficient (Wildman–Crippen LogP) is 2.41. The molecule has 0 bridgehead atoms. The Morgan fingerprint density at radius 1 is 0.958 bits per heavy atom. The first-order valence-electron chi connectivity index (χ1n) is 9.05. The Bertz CT molecular complexity index is 732. The normalized spacial score (nSPS) is 21.0. The van der Waals surface area contributed by atoms with Gasteiger partial charge in [-0.25, -0.2) is 15.0 Å². The molecular formula is C17H22N6S. The van der Waals surface area contributed by atoms with Crippen molar-refractivity contribution in [1.29, 1.82) is 0 Å². The quantitative estimate of drug-likeness (QED) is 0.854. The maximum absolute atomic E-state index is 4.75. The fourth-order valence-corrected chi connectivity index (χ4v) is 4.55. The summed E-state index contributed by atoms with van der Waals surface area (Å²) in [6.07, 6.45) is 9.05. The SMILES string of the molecule is c1nc2c(c(N3CCN(c4nc(C5CC5)ns4)CC3)n1)CCCC2. The summed E-state index contributed by atoms with van der Waals surface area (Å²) in [6.45, 7) is 4.00. The van der Waals surface area contributed by atoms with E-state index in [0.717, 1.165) is 50.0 Å². The van der Waals surface area contributed by atoms with Gasteiger partial charge in [0.05, 0.1) is 0 Å². The number of aryl methyl sites for hydroxylation is 1. The highest BCUT2D eigenvalue weighted by Gasteiger charge is 2.30. The molecule has 1 saturated carbocycles. The lowest BCUT2D eigenvalue weighted by molar-refractivity contribution is 0.622. The van der Waals surface area contributed by atoms with Crippen LogP contribution < -0.4 is 9.80 Å². The van der Waals surface area contributed by atoms with Crippen molar-refractivity contribution < 1.29 is 0 Å².